The highest BCUT2D eigenvalue weighted by Crippen LogP contribution is 2.23. The van der Waals surface area contributed by atoms with Gasteiger partial charge in [0, 0.05) is 18.7 Å². The van der Waals surface area contributed by atoms with Gasteiger partial charge in [-0.25, -0.2) is 4.79 Å². The van der Waals surface area contributed by atoms with Crippen LogP contribution in [0.2, 0.25) is 0 Å². The van der Waals surface area contributed by atoms with Crippen LogP contribution in [0.4, 0.5) is 0 Å². The number of carbonyl (C=O) groups excluding carboxylic acids is 1. The van der Waals surface area contributed by atoms with Crippen molar-refractivity contribution >= 4 is 11.9 Å². The molecule has 1 aliphatic rings. The van der Waals surface area contributed by atoms with Crippen LogP contribution in [0.5, 0.6) is 0 Å². The number of carboxylic acid groups (broad SMARTS) is 1. The van der Waals surface area contributed by atoms with E-state index in [0.717, 1.165) is 12.8 Å². The van der Waals surface area contributed by atoms with E-state index >= 15 is 0 Å². The van der Waals surface area contributed by atoms with E-state index in [1.807, 2.05) is 7.05 Å². The van der Waals surface area contributed by atoms with E-state index in [1.165, 1.54) is 25.0 Å². The van der Waals surface area contributed by atoms with Crippen LogP contribution in [-0.2, 0) is 0 Å². The van der Waals surface area contributed by atoms with E-state index in [1.54, 1.807) is 17.0 Å². The lowest BCUT2D eigenvalue weighted by molar-refractivity contribution is 0.0692. The minimum atomic E-state index is -0.974. The fourth-order valence-corrected chi connectivity index (χ4v) is 2.42. The van der Waals surface area contributed by atoms with Gasteiger partial charge in [-0.05, 0) is 37.1 Å². The third kappa shape index (κ3) is 2.53. The zero-order valence-electron chi connectivity index (χ0n) is 10.4. The fourth-order valence-electron chi connectivity index (χ4n) is 2.42. The van der Waals surface area contributed by atoms with E-state index in [-0.39, 0.29) is 11.5 Å². The highest BCUT2D eigenvalue weighted by Gasteiger charge is 2.24. The topological polar surface area (TPSA) is 57.6 Å². The van der Waals surface area contributed by atoms with Crippen molar-refractivity contribution in [1.29, 1.82) is 0 Å². The van der Waals surface area contributed by atoms with Crippen LogP contribution in [0, 0.1) is 0 Å². The van der Waals surface area contributed by atoms with E-state index in [9.17, 15) is 9.59 Å². The molecule has 1 aromatic rings. The molecule has 0 bridgehead atoms. The highest BCUT2D eigenvalue weighted by molar-refractivity contribution is 5.95. The molecule has 4 nitrogen and oxygen atoms in total. The summed E-state index contributed by atoms with van der Waals surface area (Å²) in [6.07, 6.45) is 4.49. The van der Waals surface area contributed by atoms with Crippen LogP contribution in [0.3, 0.4) is 0 Å². The predicted molar refractivity (Wildman–Crippen MR) is 67.8 cm³/mol. The molecular formula is C14H17NO3. The molecule has 96 valence electrons. The monoisotopic (exact) mass is 247 g/mol. The maximum Gasteiger partial charge on any atom is 0.335 e. The Bertz CT molecular complexity index is 447. The van der Waals surface area contributed by atoms with Gasteiger partial charge in [0.15, 0.2) is 0 Å². The Hall–Kier alpha value is -1.84. The van der Waals surface area contributed by atoms with E-state index in [0.29, 0.717) is 11.6 Å². The summed E-state index contributed by atoms with van der Waals surface area (Å²) in [5.74, 6) is -1.00. The maximum absolute atomic E-state index is 12.2. The number of hydrogen-bond acceptors (Lipinski definition) is 2. The van der Waals surface area contributed by atoms with E-state index in [4.69, 9.17) is 5.11 Å². The van der Waals surface area contributed by atoms with Crippen LogP contribution in [0.25, 0.3) is 0 Å². The third-order valence-corrected chi connectivity index (χ3v) is 3.57. The molecule has 1 amide bonds. The molecule has 0 heterocycles. The van der Waals surface area contributed by atoms with Gasteiger partial charge in [0.25, 0.3) is 5.91 Å². The lowest BCUT2D eigenvalue weighted by Crippen LogP contribution is -2.35. The average Bonchev–Trinajstić information content (AvgIpc) is 2.91. The summed E-state index contributed by atoms with van der Waals surface area (Å²) in [5.41, 5.74) is 0.754. The zero-order valence-corrected chi connectivity index (χ0v) is 10.4. The van der Waals surface area contributed by atoms with Crippen molar-refractivity contribution in [3.8, 4) is 0 Å². The molecule has 2 rings (SSSR count). The molecule has 1 saturated carbocycles. The third-order valence-electron chi connectivity index (χ3n) is 3.57. The fraction of sp³-hybridized carbons (Fsp3) is 0.429. The Kier molecular flexibility index (Phi) is 3.65. The lowest BCUT2D eigenvalue weighted by Gasteiger charge is -2.24. The molecule has 1 aromatic carbocycles. The predicted octanol–water partition coefficient (Wildman–Crippen LogP) is 2.40. The van der Waals surface area contributed by atoms with Gasteiger partial charge in [-0.3, -0.25) is 4.79 Å². The number of amides is 1. The maximum atomic E-state index is 12.2. The minimum Gasteiger partial charge on any atom is -0.478 e. The van der Waals surface area contributed by atoms with Crippen molar-refractivity contribution in [3.05, 3.63) is 35.4 Å². The molecule has 1 fully saturated rings. The summed E-state index contributed by atoms with van der Waals surface area (Å²) < 4.78 is 0. The Balaban J connectivity index is 2.10. The normalized spacial score (nSPS) is 15.6. The summed E-state index contributed by atoms with van der Waals surface area (Å²) in [6, 6.07) is 6.43. The van der Waals surface area contributed by atoms with Gasteiger partial charge in [-0.2, -0.15) is 0 Å². The molecule has 18 heavy (non-hydrogen) atoms. The SMILES string of the molecule is CN(C(=O)c1ccc(C(=O)O)cc1)C1CCCC1. The van der Waals surface area contributed by atoms with Gasteiger partial charge in [0.05, 0.1) is 5.56 Å². The Morgan fingerprint density at radius 1 is 1.11 bits per heavy atom. The van der Waals surface area contributed by atoms with Gasteiger partial charge in [0.2, 0.25) is 0 Å². The standard InChI is InChI=1S/C14H17NO3/c1-15(12-4-2-3-5-12)13(16)10-6-8-11(9-7-10)14(17)18/h6-9,12H,2-5H2,1H3,(H,17,18). The minimum absolute atomic E-state index is 0.0289. The van der Waals surface area contributed by atoms with Crippen LogP contribution < -0.4 is 0 Å². The number of hydrogen-bond donors (Lipinski definition) is 1. The number of nitrogens with zero attached hydrogens (tertiary/aromatic N) is 1. The van der Waals surface area contributed by atoms with Gasteiger partial charge in [-0.15, -0.1) is 0 Å². The molecule has 1 N–H and O–H groups in total. The summed E-state index contributed by atoms with van der Waals surface area (Å²) in [6.45, 7) is 0. The number of carboxylic acids is 1. The Labute approximate surface area is 106 Å². The van der Waals surface area contributed by atoms with Crippen molar-refractivity contribution in [3.63, 3.8) is 0 Å². The number of rotatable bonds is 3. The van der Waals surface area contributed by atoms with Gasteiger partial charge in [-0.1, -0.05) is 12.8 Å². The lowest BCUT2D eigenvalue weighted by atomic mass is 10.1. The van der Waals surface area contributed by atoms with Gasteiger partial charge in [0.1, 0.15) is 0 Å². The van der Waals surface area contributed by atoms with Crippen molar-refractivity contribution in [2.45, 2.75) is 31.7 Å². The zero-order chi connectivity index (χ0) is 13.1. The van der Waals surface area contributed by atoms with Crippen LogP contribution >= 0.6 is 0 Å². The number of benzene rings is 1. The molecule has 0 atom stereocenters. The summed E-state index contributed by atoms with van der Waals surface area (Å²) >= 11 is 0. The molecule has 1 aliphatic carbocycles. The van der Waals surface area contributed by atoms with Crippen molar-refractivity contribution < 1.29 is 14.7 Å². The van der Waals surface area contributed by atoms with E-state index in [2.05, 4.69) is 0 Å². The summed E-state index contributed by atoms with van der Waals surface area (Å²) in [4.78, 5) is 24.7. The number of aromatic carboxylic acids is 1. The second-order valence-electron chi connectivity index (χ2n) is 4.74. The van der Waals surface area contributed by atoms with E-state index < -0.39 is 5.97 Å². The second kappa shape index (κ2) is 5.21. The molecule has 0 spiro atoms. The van der Waals surface area contributed by atoms with Crippen molar-refractivity contribution in [2.24, 2.45) is 0 Å². The Morgan fingerprint density at radius 3 is 2.11 bits per heavy atom. The first-order valence-corrected chi connectivity index (χ1v) is 6.20. The quantitative estimate of drug-likeness (QED) is 0.892. The second-order valence-corrected chi connectivity index (χ2v) is 4.74. The summed E-state index contributed by atoms with van der Waals surface area (Å²) in [7, 11) is 1.82. The Morgan fingerprint density at radius 2 is 1.61 bits per heavy atom. The molecule has 0 radical (unpaired) electrons. The number of carbonyl (C=O) groups is 2. The molecule has 0 saturated heterocycles. The van der Waals surface area contributed by atoms with Crippen LogP contribution in [0.15, 0.2) is 24.3 Å². The van der Waals surface area contributed by atoms with Crippen molar-refractivity contribution in [2.75, 3.05) is 7.05 Å². The largest absolute Gasteiger partial charge is 0.478 e. The first kappa shape index (κ1) is 12.6. The van der Waals surface area contributed by atoms with Crippen LogP contribution in [-0.4, -0.2) is 35.0 Å². The molecule has 4 heteroatoms. The first-order valence-electron chi connectivity index (χ1n) is 6.20. The molecular weight excluding hydrogens is 230 g/mol. The smallest absolute Gasteiger partial charge is 0.335 e. The molecule has 0 unspecified atom stereocenters. The van der Waals surface area contributed by atoms with Crippen LogP contribution in [0.1, 0.15) is 46.4 Å². The summed E-state index contributed by atoms with van der Waals surface area (Å²) in [5, 5.41) is 8.80. The molecule has 0 aliphatic heterocycles. The first-order chi connectivity index (χ1) is 8.59. The van der Waals surface area contributed by atoms with Crippen molar-refractivity contribution in [1.82, 2.24) is 4.90 Å². The highest BCUT2D eigenvalue weighted by atomic mass is 16.4. The molecule has 0 aromatic heterocycles. The van der Waals surface area contributed by atoms with Gasteiger partial charge >= 0.3 is 5.97 Å². The average molecular weight is 247 g/mol. The van der Waals surface area contributed by atoms with Gasteiger partial charge < -0.3 is 10.0 Å².